The van der Waals surface area contributed by atoms with Gasteiger partial charge in [-0.05, 0) is 18.2 Å². The molecule has 0 aliphatic carbocycles. The highest BCUT2D eigenvalue weighted by atomic mass is 17.0. The number of hydrogen-bond acceptors (Lipinski definition) is 4. The van der Waals surface area contributed by atoms with Crippen molar-refractivity contribution in [1.82, 2.24) is 0 Å². The van der Waals surface area contributed by atoms with Gasteiger partial charge in [0.05, 0.1) is 0 Å². The molecule has 0 aromatic heterocycles. The van der Waals surface area contributed by atoms with E-state index in [-0.39, 0.29) is 5.75 Å². The zero-order valence-electron chi connectivity index (χ0n) is 5.56. The Hall–Kier alpha value is -1.78. The van der Waals surface area contributed by atoms with Gasteiger partial charge in [0.15, 0.2) is 0 Å². The molecule has 0 aliphatic rings. The maximum absolute atomic E-state index is 9.82. The van der Waals surface area contributed by atoms with Crippen LogP contribution in [0.15, 0.2) is 24.3 Å². The van der Waals surface area contributed by atoms with Crippen LogP contribution < -0.4 is 10.6 Å². The fourth-order valence-electron chi connectivity index (χ4n) is 0.657. The van der Waals surface area contributed by atoms with E-state index in [2.05, 4.69) is 4.84 Å². The first-order chi connectivity index (χ1) is 5.18. The summed E-state index contributed by atoms with van der Waals surface area (Å²) in [5.41, 5.74) is 5.77. The quantitative estimate of drug-likeness (QED) is 0.389. The second kappa shape index (κ2) is 2.87. The van der Waals surface area contributed by atoms with Gasteiger partial charge in [-0.2, -0.15) is 0 Å². The molecule has 0 amide bonds. The molecule has 0 unspecified atom stereocenters. The third-order valence-electron chi connectivity index (χ3n) is 1.04. The van der Waals surface area contributed by atoms with Gasteiger partial charge in [-0.25, -0.2) is 0 Å². The van der Waals surface area contributed by atoms with E-state index in [9.17, 15) is 10.1 Å². The van der Waals surface area contributed by atoms with Crippen molar-refractivity contribution in [2.75, 3.05) is 5.73 Å². The van der Waals surface area contributed by atoms with Crippen LogP contribution in [0.1, 0.15) is 0 Å². The lowest BCUT2D eigenvalue weighted by Gasteiger charge is -1.97. The van der Waals surface area contributed by atoms with Crippen molar-refractivity contribution in [2.45, 2.75) is 0 Å². The molecule has 58 valence electrons. The summed E-state index contributed by atoms with van der Waals surface area (Å²) in [6.45, 7) is 0. The van der Waals surface area contributed by atoms with Crippen LogP contribution in [0.4, 0.5) is 5.69 Å². The van der Waals surface area contributed by atoms with Crippen molar-refractivity contribution in [3.63, 3.8) is 0 Å². The highest BCUT2D eigenvalue weighted by molar-refractivity contribution is 5.43. The maximum atomic E-state index is 9.82. The van der Waals surface area contributed by atoms with Crippen LogP contribution in [0, 0.1) is 10.1 Å². The summed E-state index contributed by atoms with van der Waals surface area (Å²) in [4.78, 5) is 14.0. The summed E-state index contributed by atoms with van der Waals surface area (Å²) in [5.74, 6) is 0.134. The highest BCUT2D eigenvalue weighted by Crippen LogP contribution is 2.13. The number of rotatable bonds is 2. The Morgan fingerprint density at radius 3 is 2.82 bits per heavy atom. The molecule has 5 nitrogen and oxygen atoms in total. The first-order valence-electron chi connectivity index (χ1n) is 2.86. The smallest absolute Gasteiger partial charge is 0.299 e. The maximum Gasteiger partial charge on any atom is 0.299 e. The van der Waals surface area contributed by atoms with Gasteiger partial charge in [0.25, 0.3) is 5.09 Å². The molecule has 0 fully saturated rings. The Morgan fingerprint density at radius 2 is 2.27 bits per heavy atom. The minimum Gasteiger partial charge on any atom is -0.399 e. The van der Waals surface area contributed by atoms with E-state index in [0.29, 0.717) is 5.69 Å². The van der Waals surface area contributed by atoms with Gasteiger partial charge in [0.2, 0.25) is 0 Å². The van der Waals surface area contributed by atoms with Gasteiger partial charge in [0, 0.05) is 5.69 Å². The van der Waals surface area contributed by atoms with Gasteiger partial charge in [-0.3, -0.25) is 4.84 Å². The van der Waals surface area contributed by atoms with Crippen LogP contribution >= 0.6 is 0 Å². The number of nitrogens with zero attached hydrogens (tertiary/aromatic N) is 1. The van der Waals surface area contributed by atoms with Crippen molar-refractivity contribution in [2.24, 2.45) is 0 Å². The van der Waals surface area contributed by atoms with Crippen LogP contribution in [0.25, 0.3) is 0 Å². The fourth-order valence-corrected chi connectivity index (χ4v) is 0.657. The van der Waals surface area contributed by atoms with E-state index in [1.54, 1.807) is 12.1 Å². The minimum atomic E-state index is -0.880. The largest absolute Gasteiger partial charge is 0.399 e. The molecule has 0 bridgehead atoms. The van der Waals surface area contributed by atoms with E-state index in [4.69, 9.17) is 5.73 Å². The molecule has 1 aromatic rings. The molecule has 1 rings (SSSR count). The number of benzene rings is 1. The molecular weight excluding hydrogens is 148 g/mol. The fraction of sp³-hybridized carbons (Fsp3) is 0. The van der Waals surface area contributed by atoms with Crippen molar-refractivity contribution in [3.05, 3.63) is 34.4 Å². The molecule has 0 aliphatic heterocycles. The summed E-state index contributed by atoms with van der Waals surface area (Å²) in [5, 5.41) is 8.94. The Balaban J connectivity index is 2.79. The van der Waals surface area contributed by atoms with E-state index in [1.165, 1.54) is 12.1 Å². The van der Waals surface area contributed by atoms with Crippen molar-refractivity contribution >= 4 is 5.69 Å². The normalized spacial score (nSPS) is 9.09. The van der Waals surface area contributed by atoms with E-state index in [1.807, 2.05) is 0 Å². The van der Waals surface area contributed by atoms with Crippen molar-refractivity contribution < 1.29 is 9.92 Å². The lowest BCUT2D eigenvalue weighted by molar-refractivity contribution is -0.711. The molecule has 1 aromatic carbocycles. The Labute approximate surface area is 62.5 Å². The predicted molar refractivity (Wildman–Crippen MR) is 38.5 cm³/mol. The molecule has 0 saturated heterocycles. The van der Waals surface area contributed by atoms with Crippen LogP contribution in [-0.4, -0.2) is 5.09 Å². The zero-order valence-corrected chi connectivity index (χ0v) is 5.56. The number of nitrogens with two attached hydrogens (primary N) is 1. The molecule has 0 spiro atoms. The number of anilines is 1. The topological polar surface area (TPSA) is 78.4 Å². The Kier molecular flexibility index (Phi) is 1.91. The van der Waals surface area contributed by atoms with Crippen LogP contribution in [-0.2, 0) is 0 Å². The van der Waals surface area contributed by atoms with Crippen molar-refractivity contribution in [3.8, 4) is 5.75 Å². The highest BCUT2D eigenvalue weighted by Gasteiger charge is 1.97. The second-order valence-electron chi connectivity index (χ2n) is 1.89. The third-order valence-corrected chi connectivity index (χ3v) is 1.04. The van der Waals surface area contributed by atoms with Gasteiger partial charge >= 0.3 is 0 Å². The van der Waals surface area contributed by atoms with E-state index in [0.717, 1.165) is 0 Å². The Morgan fingerprint density at radius 1 is 1.55 bits per heavy atom. The van der Waals surface area contributed by atoms with Crippen LogP contribution in [0.2, 0.25) is 0 Å². The molecule has 5 heteroatoms. The van der Waals surface area contributed by atoms with Gasteiger partial charge in [-0.1, -0.05) is 6.07 Å². The molecular formula is C6H6N2O3. The first kappa shape index (κ1) is 7.33. The molecule has 0 radical (unpaired) electrons. The molecule has 0 saturated carbocycles. The average molecular weight is 154 g/mol. The molecule has 0 atom stereocenters. The van der Waals surface area contributed by atoms with Gasteiger partial charge in [0.1, 0.15) is 5.75 Å². The summed E-state index contributed by atoms with van der Waals surface area (Å²) in [6, 6.07) is 6.03. The molecule has 0 heterocycles. The third kappa shape index (κ3) is 2.13. The number of nitrogen functional groups attached to an aromatic ring is 1. The summed E-state index contributed by atoms with van der Waals surface area (Å²) >= 11 is 0. The lowest BCUT2D eigenvalue weighted by atomic mass is 10.3. The van der Waals surface area contributed by atoms with Crippen molar-refractivity contribution in [1.29, 1.82) is 0 Å². The number of hydrogen-bond donors (Lipinski definition) is 1. The zero-order chi connectivity index (χ0) is 8.27. The predicted octanol–water partition coefficient (Wildman–Crippen LogP) is 0.839. The Bertz CT molecular complexity index is 274. The van der Waals surface area contributed by atoms with E-state index >= 15 is 0 Å². The average Bonchev–Trinajstić information content (AvgIpc) is 1.85. The van der Waals surface area contributed by atoms with E-state index < -0.39 is 5.09 Å². The van der Waals surface area contributed by atoms with Crippen LogP contribution in [0.3, 0.4) is 0 Å². The standard InChI is InChI=1S/C6H6N2O3/c7-5-2-1-3-6(4-5)11-8(9)10/h1-4H,7H2. The molecule has 11 heavy (non-hydrogen) atoms. The minimum absolute atomic E-state index is 0.134. The molecule has 2 N–H and O–H groups in total. The lowest BCUT2D eigenvalue weighted by Crippen LogP contribution is -2.03. The monoisotopic (exact) mass is 154 g/mol. The van der Waals surface area contributed by atoms with Crippen LogP contribution in [0.5, 0.6) is 5.75 Å². The summed E-state index contributed by atoms with van der Waals surface area (Å²) < 4.78 is 0. The second-order valence-corrected chi connectivity index (χ2v) is 1.89. The summed E-state index contributed by atoms with van der Waals surface area (Å²) in [6.07, 6.45) is 0. The van der Waals surface area contributed by atoms with Gasteiger partial charge in [-0.15, -0.1) is 10.1 Å². The first-order valence-corrected chi connectivity index (χ1v) is 2.86. The summed E-state index contributed by atoms with van der Waals surface area (Å²) in [7, 11) is 0. The SMILES string of the molecule is Nc1cccc(O[N+](=O)[O-])c1. The van der Waals surface area contributed by atoms with Gasteiger partial charge < -0.3 is 5.73 Å².